The summed E-state index contributed by atoms with van der Waals surface area (Å²) >= 11 is 0. The summed E-state index contributed by atoms with van der Waals surface area (Å²) in [6.45, 7) is 4.54. The van der Waals surface area contributed by atoms with E-state index in [1.165, 1.54) is 18.5 Å². The third-order valence-electron chi connectivity index (χ3n) is 4.65. The second-order valence-corrected chi connectivity index (χ2v) is 6.26. The number of hydrogen-bond acceptors (Lipinski definition) is 6. The van der Waals surface area contributed by atoms with Gasteiger partial charge in [-0.25, -0.2) is 9.97 Å². The van der Waals surface area contributed by atoms with Crippen molar-refractivity contribution in [1.82, 2.24) is 24.6 Å². The van der Waals surface area contributed by atoms with Crippen molar-refractivity contribution in [2.24, 2.45) is 13.0 Å². The van der Waals surface area contributed by atoms with E-state index in [0.29, 0.717) is 24.4 Å². The Morgan fingerprint density at radius 3 is 2.96 bits per heavy atom. The molecule has 3 heterocycles. The summed E-state index contributed by atoms with van der Waals surface area (Å²) in [6, 6.07) is 4.35. The molecule has 24 heavy (non-hydrogen) atoms. The molecule has 1 aliphatic rings. The highest BCUT2D eigenvalue weighted by Crippen LogP contribution is 2.34. The second-order valence-electron chi connectivity index (χ2n) is 6.26. The number of anilines is 1. The van der Waals surface area contributed by atoms with Crippen molar-refractivity contribution >= 4 is 5.82 Å². The third kappa shape index (κ3) is 3.67. The van der Waals surface area contributed by atoms with Gasteiger partial charge in [0, 0.05) is 25.9 Å². The van der Waals surface area contributed by atoms with Crippen LogP contribution in [0.15, 0.2) is 24.7 Å². The van der Waals surface area contributed by atoms with Crippen LogP contribution in [-0.2, 0) is 7.05 Å². The number of piperidine rings is 1. The molecule has 1 fully saturated rings. The molecule has 130 valence electrons. The van der Waals surface area contributed by atoms with Crippen molar-refractivity contribution in [2.45, 2.75) is 25.8 Å². The lowest BCUT2D eigenvalue weighted by Gasteiger charge is -2.39. The number of nitrogens with one attached hydrogen (secondary N) is 1. The number of ether oxygens (including phenoxy) is 1. The fraction of sp³-hybridized carbons (Fsp3) is 0.588. The normalized spacial score (nSPS) is 21.6. The smallest absolute Gasteiger partial charge is 0.218 e. The number of nitrogens with zero attached hydrogens (tertiary/aromatic N) is 5. The Labute approximate surface area is 143 Å². The zero-order chi connectivity index (χ0) is 16.9. The summed E-state index contributed by atoms with van der Waals surface area (Å²) in [5.74, 6) is 1.93. The van der Waals surface area contributed by atoms with Crippen LogP contribution in [0.5, 0.6) is 5.88 Å². The van der Waals surface area contributed by atoms with Crippen LogP contribution < -0.4 is 10.1 Å². The Balaban J connectivity index is 1.70. The van der Waals surface area contributed by atoms with E-state index in [0.717, 1.165) is 18.9 Å². The van der Waals surface area contributed by atoms with Crippen LogP contribution in [0.25, 0.3) is 0 Å². The summed E-state index contributed by atoms with van der Waals surface area (Å²) in [5, 5.41) is 7.80. The molecule has 2 aromatic heterocycles. The van der Waals surface area contributed by atoms with Crippen LogP contribution in [0.2, 0.25) is 0 Å². The van der Waals surface area contributed by atoms with Gasteiger partial charge in [-0.1, -0.05) is 0 Å². The molecule has 0 amide bonds. The first-order valence-corrected chi connectivity index (χ1v) is 8.56. The van der Waals surface area contributed by atoms with Gasteiger partial charge in [0.25, 0.3) is 0 Å². The SMILES string of the molecule is CCOc1cc(NC[C@@H]2CCCN(C)[C@H]2c2ccnn2C)ncn1. The van der Waals surface area contributed by atoms with Gasteiger partial charge in [-0.2, -0.15) is 5.10 Å². The number of likely N-dealkylation sites (tertiary alicyclic amines) is 1. The molecule has 2 aromatic rings. The predicted molar refractivity (Wildman–Crippen MR) is 93.0 cm³/mol. The predicted octanol–water partition coefficient (Wildman–Crippen LogP) is 2.10. The van der Waals surface area contributed by atoms with E-state index in [2.05, 4.69) is 38.4 Å². The fourth-order valence-electron chi connectivity index (χ4n) is 3.51. The van der Waals surface area contributed by atoms with Gasteiger partial charge in [0.1, 0.15) is 12.1 Å². The van der Waals surface area contributed by atoms with Crippen LogP contribution in [0.3, 0.4) is 0 Å². The maximum atomic E-state index is 5.44. The maximum absolute atomic E-state index is 5.44. The lowest BCUT2D eigenvalue weighted by Crippen LogP contribution is -2.40. The van der Waals surface area contributed by atoms with Crippen molar-refractivity contribution in [2.75, 3.05) is 32.1 Å². The minimum Gasteiger partial charge on any atom is -0.478 e. The van der Waals surface area contributed by atoms with Crippen molar-refractivity contribution < 1.29 is 4.74 Å². The van der Waals surface area contributed by atoms with Crippen molar-refractivity contribution in [1.29, 1.82) is 0 Å². The lowest BCUT2D eigenvalue weighted by atomic mass is 9.87. The third-order valence-corrected chi connectivity index (χ3v) is 4.65. The second kappa shape index (κ2) is 7.61. The molecule has 3 rings (SSSR count). The molecule has 0 bridgehead atoms. The minimum absolute atomic E-state index is 0.368. The molecule has 1 saturated heterocycles. The number of hydrogen-bond donors (Lipinski definition) is 1. The van der Waals surface area contributed by atoms with E-state index in [9.17, 15) is 0 Å². The molecule has 1 N–H and O–H groups in total. The average Bonchev–Trinajstić information content (AvgIpc) is 2.99. The zero-order valence-electron chi connectivity index (χ0n) is 14.6. The first kappa shape index (κ1) is 16.7. The molecule has 7 heteroatoms. The topological polar surface area (TPSA) is 68.1 Å². The molecular formula is C17H26N6O. The number of aromatic nitrogens is 4. The van der Waals surface area contributed by atoms with Crippen LogP contribution >= 0.6 is 0 Å². The molecule has 0 saturated carbocycles. The molecule has 0 aromatic carbocycles. The summed E-state index contributed by atoms with van der Waals surface area (Å²) in [7, 11) is 4.21. The molecule has 0 aliphatic carbocycles. The van der Waals surface area contributed by atoms with E-state index in [1.807, 2.05) is 30.9 Å². The van der Waals surface area contributed by atoms with Gasteiger partial charge in [0.05, 0.1) is 18.3 Å². The molecule has 2 atom stereocenters. The quantitative estimate of drug-likeness (QED) is 0.875. The van der Waals surface area contributed by atoms with E-state index in [-0.39, 0.29) is 0 Å². The molecule has 0 unspecified atom stereocenters. The zero-order valence-corrected chi connectivity index (χ0v) is 14.6. The van der Waals surface area contributed by atoms with E-state index in [4.69, 9.17) is 4.74 Å². The lowest BCUT2D eigenvalue weighted by molar-refractivity contribution is 0.121. The van der Waals surface area contributed by atoms with E-state index >= 15 is 0 Å². The van der Waals surface area contributed by atoms with E-state index < -0.39 is 0 Å². The molecular weight excluding hydrogens is 304 g/mol. The number of rotatable bonds is 6. The first-order chi connectivity index (χ1) is 11.7. The van der Waals surface area contributed by atoms with Crippen LogP contribution in [0, 0.1) is 5.92 Å². The highest BCUT2D eigenvalue weighted by molar-refractivity contribution is 5.37. The fourth-order valence-corrected chi connectivity index (χ4v) is 3.51. The largest absolute Gasteiger partial charge is 0.478 e. The van der Waals surface area contributed by atoms with E-state index in [1.54, 1.807) is 6.33 Å². The Bertz CT molecular complexity index is 658. The monoisotopic (exact) mass is 330 g/mol. The van der Waals surface area contributed by atoms with Crippen molar-refractivity contribution in [3.05, 3.63) is 30.4 Å². The summed E-state index contributed by atoms with van der Waals surface area (Å²) in [4.78, 5) is 10.8. The van der Waals surface area contributed by atoms with Gasteiger partial charge >= 0.3 is 0 Å². The highest BCUT2D eigenvalue weighted by Gasteiger charge is 2.32. The van der Waals surface area contributed by atoms with Gasteiger partial charge in [0.15, 0.2) is 0 Å². The van der Waals surface area contributed by atoms with Gasteiger partial charge in [-0.3, -0.25) is 9.58 Å². The molecule has 0 spiro atoms. The van der Waals surface area contributed by atoms with Crippen LogP contribution in [0.1, 0.15) is 31.5 Å². The standard InChI is InChI=1S/C17H26N6O/c1-4-24-16-10-15(19-12-20-16)18-11-13-6-5-9-22(2)17(13)14-7-8-21-23(14)3/h7-8,10,12-13,17H,4-6,9,11H2,1-3H3,(H,18,19,20)/t13-,17+/m0/s1. The average molecular weight is 330 g/mol. The van der Waals surface area contributed by atoms with Crippen molar-refractivity contribution in [3.63, 3.8) is 0 Å². The van der Waals surface area contributed by atoms with Gasteiger partial charge in [-0.15, -0.1) is 0 Å². The Morgan fingerprint density at radius 1 is 1.33 bits per heavy atom. The Hall–Kier alpha value is -2.15. The number of aryl methyl sites for hydroxylation is 1. The van der Waals surface area contributed by atoms with Gasteiger partial charge in [-0.05, 0) is 45.3 Å². The van der Waals surface area contributed by atoms with Gasteiger partial charge < -0.3 is 10.1 Å². The molecule has 1 aliphatic heterocycles. The van der Waals surface area contributed by atoms with Crippen LogP contribution in [0.4, 0.5) is 5.82 Å². The maximum Gasteiger partial charge on any atom is 0.218 e. The minimum atomic E-state index is 0.368. The highest BCUT2D eigenvalue weighted by atomic mass is 16.5. The summed E-state index contributed by atoms with van der Waals surface area (Å²) < 4.78 is 7.42. The first-order valence-electron chi connectivity index (χ1n) is 8.56. The Kier molecular flexibility index (Phi) is 5.30. The van der Waals surface area contributed by atoms with Gasteiger partial charge in [0.2, 0.25) is 5.88 Å². The Morgan fingerprint density at radius 2 is 2.21 bits per heavy atom. The summed E-state index contributed by atoms with van der Waals surface area (Å²) in [5.41, 5.74) is 1.27. The van der Waals surface area contributed by atoms with Crippen molar-refractivity contribution in [3.8, 4) is 5.88 Å². The molecule has 0 radical (unpaired) electrons. The molecule has 7 nitrogen and oxygen atoms in total. The summed E-state index contributed by atoms with van der Waals surface area (Å²) in [6.07, 6.45) is 5.82. The van der Waals surface area contributed by atoms with Crippen LogP contribution in [-0.4, -0.2) is 51.4 Å².